The van der Waals surface area contributed by atoms with Crippen LogP contribution in [0, 0.1) is 11.8 Å². The minimum Gasteiger partial charge on any atom is -0.456 e. The second-order valence-electron chi connectivity index (χ2n) is 4.80. The summed E-state index contributed by atoms with van der Waals surface area (Å²) in [7, 11) is 0. The van der Waals surface area contributed by atoms with E-state index in [9.17, 15) is 4.79 Å². The van der Waals surface area contributed by atoms with Gasteiger partial charge in [0.2, 0.25) is 0 Å². The zero-order chi connectivity index (χ0) is 12.9. The first-order chi connectivity index (χ1) is 7.93. The minimum absolute atomic E-state index is 0.132. The third kappa shape index (κ3) is 4.32. The lowest BCUT2D eigenvalue weighted by molar-refractivity contribution is -0.136. The molecular weight excluding hydrogens is 212 g/mol. The molecule has 0 amide bonds. The molecule has 0 bridgehead atoms. The van der Waals surface area contributed by atoms with Gasteiger partial charge in [0, 0.05) is 11.5 Å². The van der Waals surface area contributed by atoms with Crippen molar-refractivity contribution >= 4 is 5.97 Å². The monoisotopic (exact) mass is 230 g/mol. The van der Waals surface area contributed by atoms with E-state index in [1.807, 2.05) is 24.3 Å². The highest BCUT2D eigenvalue weighted by atomic mass is 16.5. The van der Waals surface area contributed by atoms with Gasteiger partial charge in [-0.1, -0.05) is 38.8 Å². The molecule has 0 aliphatic carbocycles. The van der Waals surface area contributed by atoms with E-state index in [0.29, 0.717) is 6.61 Å². The number of hydrogen-bond acceptors (Lipinski definition) is 2. The van der Waals surface area contributed by atoms with Crippen molar-refractivity contribution in [1.82, 2.24) is 0 Å². The summed E-state index contributed by atoms with van der Waals surface area (Å²) in [6, 6.07) is 7.92. The maximum Gasteiger partial charge on any atom is 0.384 e. The minimum atomic E-state index is -0.479. The second-order valence-corrected chi connectivity index (χ2v) is 4.80. The first kappa shape index (κ1) is 13.3. The molecule has 0 fully saturated rings. The molecular formula is C15H18O2. The first-order valence-corrected chi connectivity index (χ1v) is 5.73. The van der Waals surface area contributed by atoms with Crippen molar-refractivity contribution in [3.05, 3.63) is 35.4 Å². The Morgan fingerprint density at radius 3 is 2.29 bits per heavy atom. The molecule has 0 aliphatic rings. The van der Waals surface area contributed by atoms with E-state index in [2.05, 4.69) is 32.6 Å². The highest BCUT2D eigenvalue weighted by molar-refractivity contribution is 5.89. The zero-order valence-corrected chi connectivity index (χ0v) is 10.8. The lowest BCUT2D eigenvalue weighted by Crippen LogP contribution is -2.10. The van der Waals surface area contributed by atoms with Gasteiger partial charge in [0.25, 0.3) is 0 Å². The Kier molecular flexibility index (Phi) is 4.34. The smallest absolute Gasteiger partial charge is 0.384 e. The fourth-order valence-electron chi connectivity index (χ4n) is 1.34. The lowest BCUT2D eigenvalue weighted by Gasteiger charge is -2.18. The Morgan fingerprint density at radius 2 is 1.82 bits per heavy atom. The van der Waals surface area contributed by atoms with Crippen molar-refractivity contribution in [1.29, 1.82) is 0 Å². The highest BCUT2D eigenvalue weighted by Gasteiger charge is 2.12. The van der Waals surface area contributed by atoms with Gasteiger partial charge < -0.3 is 4.74 Å². The van der Waals surface area contributed by atoms with E-state index in [1.165, 1.54) is 5.56 Å². The third-order valence-electron chi connectivity index (χ3n) is 2.34. The molecule has 0 unspecified atom stereocenters. The Morgan fingerprint density at radius 1 is 1.24 bits per heavy atom. The average molecular weight is 230 g/mol. The molecule has 0 spiro atoms. The SMILES string of the molecule is CCOC(=O)C#Cc1ccc(C(C)(C)C)cc1. The van der Waals surface area contributed by atoms with Crippen LogP contribution < -0.4 is 0 Å². The van der Waals surface area contributed by atoms with Gasteiger partial charge in [-0.05, 0) is 30.0 Å². The fraction of sp³-hybridized carbons (Fsp3) is 0.400. The summed E-state index contributed by atoms with van der Waals surface area (Å²) in [5.41, 5.74) is 2.21. The molecule has 2 nitrogen and oxygen atoms in total. The maximum atomic E-state index is 11.0. The zero-order valence-electron chi connectivity index (χ0n) is 10.8. The van der Waals surface area contributed by atoms with Crippen molar-refractivity contribution in [2.75, 3.05) is 6.61 Å². The van der Waals surface area contributed by atoms with Crippen LogP contribution in [-0.2, 0) is 14.9 Å². The molecule has 1 aromatic rings. The van der Waals surface area contributed by atoms with Crippen LogP contribution in [0.1, 0.15) is 38.8 Å². The van der Waals surface area contributed by atoms with Crippen molar-refractivity contribution in [2.24, 2.45) is 0 Å². The molecule has 0 aromatic heterocycles. The molecule has 0 saturated carbocycles. The number of benzene rings is 1. The van der Waals surface area contributed by atoms with E-state index in [1.54, 1.807) is 6.92 Å². The molecule has 0 N–H and O–H groups in total. The highest BCUT2D eigenvalue weighted by Crippen LogP contribution is 2.21. The molecule has 0 radical (unpaired) electrons. The Balaban J connectivity index is 2.79. The van der Waals surface area contributed by atoms with Crippen molar-refractivity contribution in [2.45, 2.75) is 33.1 Å². The maximum absolute atomic E-state index is 11.0. The number of esters is 1. The lowest BCUT2D eigenvalue weighted by atomic mass is 9.87. The second kappa shape index (κ2) is 5.54. The summed E-state index contributed by atoms with van der Waals surface area (Å²) < 4.78 is 4.73. The predicted molar refractivity (Wildman–Crippen MR) is 68.7 cm³/mol. The van der Waals surface area contributed by atoms with Gasteiger partial charge in [-0.3, -0.25) is 0 Å². The van der Waals surface area contributed by atoms with Crippen LogP contribution in [0.25, 0.3) is 0 Å². The summed E-state index contributed by atoms with van der Waals surface area (Å²) in [5.74, 6) is 4.75. The molecule has 1 aromatic carbocycles. The van der Waals surface area contributed by atoms with Gasteiger partial charge in [-0.2, -0.15) is 0 Å². The number of carbonyl (C=O) groups is 1. The topological polar surface area (TPSA) is 26.3 Å². The molecule has 17 heavy (non-hydrogen) atoms. The Bertz CT molecular complexity index is 439. The molecule has 90 valence electrons. The number of hydrogen-bond donors (Lipinski definition) is 0. The Hall–Kier alpha value is -1.75. The normalized spacial score (nSPS) is 10.4. The van der Waals surface area contributed by atoms with Gasteiger partial charge in [0.15, 0.2) is 0 Å². The third-order valence-corrected chi connectivity index (χ3v) is 2.34. The molecule has 0 aliphatic heterocycles. The summed E-state index contributed by atoms with van der Waals surface area (Å²) in [6.07, 6.45) is 0. The summed E-state index contributed by atoms with van der Waals surface area (Å²) >= 11 is 0. The molecule has 0 atom stereocenters. The van der Waals surface area contributed by atoms with E-state index < -0.39 is 5.97 Å². The van der Waals surface area contributed by atoms with Crippen LogP contribution in [0.2, 0.25) is 0 Å². The molecule has 0 saturated heterocycles. The fourth-order valence-corrected chi connectivity index (χ4v) is 1.34. The first-order valence-electron chi connectivity index (χ1n) is 5.73. The quantitative estimate of drug-likeness (QED) is 0.547. The van der Waals surface area contributed by atoms with Crippen LogP contribution in [0.3, 0.4) is 0 Å². The summed E-state index contributed by atoms with van der Waals surface area (Å²) in [4.78, 5) is 11.0. The molecule has 0 heterocycles. The van der Waals surface area contributed by atoms with Gasteiger partial charge >= 0.3 is 5.97 Å². The van der Waals surface area contributed by atoms with Crippen molar-refractivity contribution < 1.29 is 9.53 Å². The summed E-state index contributed by atoms with van der Waals surface area (Å²) in [6.45, 7) is 8.60. The van der Waals surface area contributed by atoms with Gasteiger partial charge in [0.05, 0.1) is 6.61 Å². The van der Waals surface area contributed by atoms with E-state index in [4.69, 9.17) is 4.74 Å². The van der Waals surface area contributed by atoms with Crippen molar-refractivity contribution in [3.63, 3.8) is 0 Å². The Labute approximate surface area is 103 Å². The predicted octanol–water partition coefficient (Wildman–Crippen LogP) is 2.90. The van der Waals surface area contributed by atoms with Crippen LogP contribution in [0.15, 0.2) is 24.3 Å². The van der Waals surface area contributed by atoms with E-state index in [-0.39, 0.29) is 5.41 Å². The largest absolute Gasteiger partial charge is 0.456 e. The van der Waals surface area contributed by atoms with Gasteiger partial charge in [0.1, 0.15) is 0 Å². The van der Waals surface area contributed by atoms with Crippen LogP contribution in [-0.4, -0.2) is 12.6 Å². The van der Waals surface area contributed by atoms with Gasteiger partial charge in [-0.25, -0.2) is 4.79 Å². The van der Waals surface area contributed by atoms with Crippen LogP contribution in [0.5, 0.6) is 0 Å². The summed E-state index contributed by atoms with van der Waals surface area (Å²) in [5, 5.41) is 0. The number of ether oxygens (including phenoxy) is 1. The van der Waals surface area contributed by atoms with Crippen molar-refractivity contribution in [3.8, 4) is 11.8 Å². The van der Waals surface area contributed by atoms with E-state index >= 15 is 0 Å². The van der Waals surface area contributed by atoms with E-state index in [0.717, 1.165) is 5.56 Å². The number of carbonyl (C=O) groups excluding carboxylic acids is 1. The van der Waals surface area contributed by atoms with Crippen LogP contribution in [0.4, 0.5) is 0 Å². The number of rotatable bonds is 1. The standard InChI is InChI=1S/C15H18O2/c1-5-17-14(16)11-8-12-6-9-13(10-7-12)15(2,3)4/h6-7,9-10H,5H2,1-4H3. The van der Waals surface area contributed by atoms with Gasteiger partial charge in [-0.15, -0.1) is 0 Å². The molecule has 1 rings (SSSR count). The average Bonchev–Trinajstić information content (AvgIpc) is 2.26. The molecule has 2 heteroatoms. The van der Waals surface area contributed by atoms with Crippen LogP contribution >= 0.6 is 0 Å².